The average molecular weight is 611 g/mol. The number of nitrogens with two attached hydrogens (primary N) is 2. The topological polar surface area (TPSA) is 194 Å². The number of amides is 3. The van der Waals surface area contributed by atoms with Crippen LogP contribution in [0, 0.1) is 0 Å². The highest BCUT2D eigenvalue weighted by Gasteiger charge is 2.54. The number of hydrogen-bond donors (Lipinski definition) is 4. The van der Waals surface area contributed by atoms with Gasteiger partial charge in [-0.2, -0.15) is 0 Å². The number of oxime groups is 1. The largest absolute Gasteiger partial charge is 0.477 e. The summed E-state index contributed by atoms with van der Waals surface area (Å²) in [5.41, 5.74) is 11.0. The smallest absolute Gasteiger partial charge is 0.352 e. The first-order valence-electron chi connectivity index (χ1n) is 11.7. The monoisotopic (exact) mass is 610 g/mol. The minimum Gasteiger partial charge on any atom is -0.477 e. The van der Waals surface area contributed by atoms with Gasteiger partial charge >= 0.3 is 5.97 Å². The summed E-state index contributed by atoms with van der Waals surface area (Å²) in [5, 5.41) is 17.2. The number of carbonyl (C=O) groups is 4. The molecular weight excluding hydrogens is 585 g/mol. The number of rotatable bonds is 12. The predicted octanol–water partition coefficient (Wildman–Crippen LogP) is 0.108. The summed E-state index contributed by atoms with van der Waals surface area (Å²) < 4.78 is 14.2. The quantitative estimate of drug-likeness (QED) is 0.0842. The van der Waals surface area contributed by atoms with E-state index in [0.29, 0.717) is 17.1 Å². The number of anilines is 1. The van der Waals surface area contributed by atoms with Crippen LogP contribution in [0.3, 0.4) is 0 Å². The van der Waals surface area contributed by atoms with Crippen LogP contribution in [0.2, 0.25) is 0 Å². The molecule has 6 N–H and O–H groups in total. The van der Waals surface area contributed by atoms with Gasteiger partial charge in [0.15, 0.2) is 29.8 Å². The number of primary amides is 1. The molecule has 40 heavy (non-hydrogen) atoms. The normalized spacial score (nSPS) is 19.5. The van der Waals surface area contributed by atoms with Crippen LogP contribution < -0.4 is 21.4 Å². The lowest BCUT2D eigenvalue weighted by atomic mass is 10.0. The number of aliphatic carboxylic acids is 1. The van der Waals surface area contributed by atoms with Crippen molar-refractivity contribution in [3.63, 3.8) is 0 Å². The molecular formula is C23H25FN7O6S3+. The zero-order chi connectivity index (χ0) is 29.0. The van der Waals surface area contributed by atoms with Gasteiger partial charge in [0.2, 0.25) is 6.10 Å². The number of aryl methyl sites for hydroxylation is 1. The summed E-state index contributed by atoms with van der Waals surface area (Å²) in [7, 11) is 0. The summed E-state index contributed by atoms with van der Waals surface area (Å²) in [5.74, 6) is -2.82. The molecule has 0 spiro atoms. The molecule has 0 saturated carbocycles. The van der Waals surface area contributed by atoms with Gasteiger partial charge in [0.05, 0.1) is 0 Å². The Morgan fingerprint density at radius 1 is 1.40 bits per heavy atom. The number of carboxylic acids is 1. The fourth-order valence-corrected chi connectivity index (χ4v) is 6.66. The number of halogens is 1. The zero-order valence-corrected chi connectivity index (χ0v) is 23.4. The third-order valence-electron chi connectivity index (χ3n) is 5.84. The Balaban J connectivity index is 1.47. The molecule has 2 aliphatic heterocycles. The molecule has 1 unspecified atom stereocenters. The summed E-state index contributed by atoms with van der Waals surface area (Å²) in [4.78, 5) is 60.7. The van der Waals surface area contributed by atoms with Gasteiger partial charge in [0, 0.05) is 33.9 Å². The number of nitrogen functional groups attached to an aromatic ring is 1. The minimum absolute atomic E-state index is 0.0677. The van der Waals surface area contributed by atoms with Crippen molar-refractivity contribution in [3.05, 3.63) is 46.9 Å². The van der Waals surface area contributed by atoms with E-state index in [1.807, 2.05) is 12.1 Å². The fourth-order valence-electron chi connectivity index (χ4n) is 3.75. The minimum atomic E-state index is -1.25. The maximum atomic E-state index is 13.1. The maximum absolute atomic E-state index is 13.1. The summed E-state index contributed by atoms with van der Waals surface area (Å²) in [6.07, 6.45) is 2.34. The van der Waals surface area contributed by atoms with E-state index >= 15 is 0 Å². The highest BCUT2D eigenvalue weighted by Crippen LogP contribution is 2.41. The Morgan fingerprint density at radius 3 is 2.73 bits per heavy atom. The van der Waals surface area contributed by atoms with Crippen LogP contribution in [0.4, 0.5) is 9.52 Å². The number of nitrogens with one attached hydrogen (secondary N) is 1. The Hall–Kier alpha value is -3.70. The molecule has 4 heterocycles. The number of nitrogens with zero attached hydrogens (tertiary/aromatic N) is 4. The number of pyridine rings is 1. The molecule has 0 bridgehead atoms. The van der Waals surface area contributed by atoms with Gasteiger partial charge in [-0.05, 0) is 12.5 Å². The molecule has 2 aromatic heterocycles. The molecule has 0 aromatic carbocycles. The van der Waals surface area contributed by atoms with Gasteiger partial charge in [-0.3, -0.25) is 19.3 Å². The standard InChI is InChI=1S/C23H24FN7O6S3/c1-11(18(25)32)37-29-15(14-10-40-23(26)27-14)19(33)28-16-20(34)31-17(22(35)36)12(9-39-21(16)31)8-38-13-2-5-30(6-3-13)7-4-24/h2-3,5-6,10-11,16,21H,4,7-9H2,1H3,(H5-,25,26,27,28,32,33,35,36)/p+1/b29-15-/t11?,16-,21-/m1/s1. The van der Waals surface area contributed by atoms with Gasteiger partial charge in [-0.1, -0.05) is 5.16 Å². The van der Waals surface area contributed by atoms with E-state index in [4.69, 9.17) is 16.3 Å². The second-order valence-electron chi connectivity index (χ2n) is 8.53. The Bertz CT molecular complexity index is 1380. The number of fused-ring (bicyclic) bond motifs is 1. The maximum Gasteiger partial charge on any atom is 0.352 e. The second-order valence-corrected chi connectivity index (χ2v) is 11.6. The number of alkyl halides is 1. The Kier molecular flexibility index (Phi) is 9.26. The van der Waals surface area contributed by atoms with Crippen molar-refractivity contribution in [2.24, 2.45) is 10.9 Å². The third-order valence-corrected chi connectivity index (χ3v) is 8.95. The fraction of sp³-hybridized carbons (Fsp3) is 0.348. The number of thioether (sulfide) groups is 2. The lowest BCUT2D eigenvalue weighted by molar-refractivity contribution is -0.697. The van der Waals surface area contributed by atoms with E-state index in [-0.39, 0.29) is 28.8 Å². The summed E-state index contributed by atoms with van der Waals surface area (Å²) in [6.45, 7) is 1.11. The van der Waals surface area contributed by atoms with Gasteiger partial charge in [0.25, 0.3) is 17.7 Å². The number of carbonyl (C=O) groups excluding carboxylic acids is 3. The molecule has 0 radical (unpaired) electrons. The number of thiazole rings is 1. The number of aromatic nitrogens is 2. The van der Waals surface area contributed by atoms with Crippen LogP contribution in [-0.4, -0.2) is 80.1 Å². The number of carboxylic acid groups (broad SMARTS) is 1. The molecule has 0 aliphatic carbocycles. The molecule has 13 nitrogen and oxygen atoms in total. The zero-order valence-electron chi connectivity index (χ0n) is 21.0. The van der Waals surface area contributed by atoms with Crippen molar-refractivity contribution >= 4 is 69.4 Å². The van der Waals surface area contributed by atoms with Crippen LogP contribution >= 0.6 is 34.9 Å². The van der Waals surface area contributed by atoms with E-state index in [1.54, 1.807) is 17.0 Å². The van der Waals surface area contributed by atoms with E-state index in [1.165, 1.54) is 40.7 Å². The molecule has 3 atom stereocenters. The number of hydrogen-bond acceptors (Lipinski definition) is 11. The van der Waals surface area contributed by atoms with Gasteiger partial charge in [-0.25, -0.2) is 18.7 Å². The molecule has 4 rings (SSSR count). The molecule has 1 saturated heterocycles. The highest BCUT2D eigenvalue weighted by atomic mass is 32.2. The number of β-lactam (4-membered cyclic amide) rings is 1. The average Bonchev–Trinajstić information content (AvgIpc) is 3.36. The first kappa shape index (κ1) is 29.3. The summed E-state index contributed by atoms with van der Waals surface area (Å²) >= 11 is 3.77. The molecule has 1 fully saturated rings. The van der Waals surface area contributed by atoms with Crippen molar-refractivity contribution in [2.45, 2.75) is 35.9 Å². The molecule has 2 aliphatic rings. The van der Waals surface area contributed by atoms with Crippen LogP contribution in [-0.2, 0) is 30.6 Å². The predicted molar refractivity (Wildman–Crippen MR) is 146 cm³/mol. The lowest BCUT2D eigenvalue weighted by Crippen LogP contribution is -2.71. The van der Waals surface area contributed by atoms with Crippen molar-refractivity contribution in [1.82, 2.24) is 15.2 Å². The first-order chi connectivity index (χ1) is 19.1. The van der Waals surface area contributed by atoms with Gasteiger partial charge in [0.1, 0.15) is 29.5 Å². The van der Waals surface area contributed by atoms with Crippen LogP contribution in [0.25, 0.3) is 0 Å². The molecule has 17 heteroatoms. The van der Waals surface area contributed by atoms with Crippen molar-refractivity contribution in [2.75, 3.05) is 23.9 Å². The first-order valence-corrected chi connectivity index (χ1v) is 14.6. The van der Waals surface area contributed by atoms with Crippen molar-refractivity contribution < 1.29 is 38.1 Å². The molecule has 2 aromatic rings. The second kappa shape index (κ2) is 12.6. The van der Waals surface area contributed by atoms with Crippen molar-refractivity contribution in [1.29, 1.82) is 0 Å². The van der Waals surface area contributed by atoms with Crippen LogP contribution in [0.15, 0.2) is 51.2 Å². The van der Waals surface area contributed by atoms with Gasteiger partial charge < -0.3 is 26.7 Å². The van der Waals surface area contributed by atoms with Crippen LogP contribution in [0.1, 0.15) is 12.6 Å². The highest BCUT2D eigenvalue weighted by molar-refractivity contribution is 8.01. The van der Waals surface area contributed by atoms with E-state index in [9.17, 15) is 28.7 Å². The van der Waals surface area contributed by atoms with Gasteiger partial charge in [-0.15, -0.1) is 34.9 Å². The molecule has 212 valence electrons. The SMILES string of the molecule is CC(O/N=C(\C(=O)N[C@@H]1C(=O)N2C(C(=O)O)=C(CSc3cc[n+](CCF)cc3)CS[C@H]12)c1csc(N)n1)C(N)=O. The lowest BCUT2D eigenvalue weighted by Gasteiger charge is -2.49. The molecule has 3 amide bonds. The third kappa shape index (κ3) is 6.37. The van der Waals surface area contributed by atoms with E-state index in [0.717, 1.165) is 16.2 Å². The Morgan fingerprint density at radius 2 is 2.12 bits per heavy atom. The Labute approximate surface area is 239 Å². The van der Waals surface area contributed by atoms with Crippen LogP contribution in [0.5, 0.6) is 0 Å². The van der Waals surface area contributed by atoms with E-state index in [2.05, 4.69) is 15.5 Å². The summed E-state index contributed by atoms with van der Waals surface area (Å²) in [6, 6.07) is 2.59. The van der Waals surface area contributed by atoms with E-state index < -0.39 is 47.9 Å². The van der Waals surface area contributed by atoms with Crippen molar-refractivity contribution in [3.8, 4) is 0 Å².